The van der Waals surface area contributed by atoms with Crippen molar-refractivity contribution < 1.29 is 0 Å². The minimum atomic E-state index is 0.670. The van der Waals surface area contributed by atoms with Crippen LogP contribution in [-0.2, 0) is 0 Å². The minimum Gasteiger partial charge on any atom is -0.338 e. The van der Waals surface area contributed by atoms with Crippen LogP contribution in [0.3, 0.4) is 0 Å². The SMILES string of the molecule is Cc1ccc(-c2nnc(Nc3ccc(Sc4ccnc5cc(C#N)sc45)cc3)c3ccccc23)cn1. The summed E-state index contributed by atoms with van der Waals surface area (Å²) in [6.07, 6.45) is 3.62. The van der Waals surface area contributed by atoms with Crippen molar-refractivity contribution in [3.63, 3.8) is 0 Å². The molecule has 172 valence electrons. The van der Waals surface area contributed by atoms with Gasteiger partial charge in [0.1, 0.15) is 16.6 Å². The number of hydrogen-bond donors (Lipinski definition) is 1. The maximum Gasteiger partial charge on any atom is 0.161 e. The maximum absolute atomic E-state index is 9.23. The summed E-state index contributed by atoms with van der Waals surface area (Å²) in [6, 6.07) is 26.4. The Morgan fingerprint density at radius 1 is 0.917 bits per heavy atom. The molecule has 0 aliphatic carbocycles. The fourth-order valence-corrected chi connectivity index (χ4v) is 5.86. The van der Waals surface area contributed by atoms with Gasteiger partial charge >= 0.3 is 0 Å². The lowest BCUT2D eigenvalue weighted by molar-refractivity contribution is 1.06. The van der Waals surface area contributed by atoms with Crippen molar-refractivity contribution in [2.75, 3.05) is 5.32 Å². The second-order valence-electron chi connectivity index (χ2n) is 8.13. The van der Waals surface area contributed by atoms with Crippen LogP contribution in [0.25, 0.3) is 32.2 Å². The van der Waals surface area contributed by atoms with Crippen LogP contribution in [0.1, 0.15) is 10.6 Å². The summed E-state index contributed by atoms with van der Waals surface area (Å²) in [4.78, 5) is 11.7. The summed E-state index contributed by atoms with van der Waals surface area (Å²) in [5.74, 6) is 0.702. The third kappa shape index (κ3) is 4.26. The fraction of sp³-hybridized carbons (Fsp3) is 0.0357. The van der Waals surface area contributed by atoms with Crippen molar-refractivity contribution in [3.05, 3.63) is 95.8 Å². The molecule has 0 amide bonds. The lowest BCUT2D eigenvalue weighted by Crippen LogP contribution is -1.99. The Morgan fingerprint density at radius 3 is 2.53 bits per heavy atom. The molecule has 0 atom stereocenters. The van der Waals surface area contributed by atoms with Crippen LogP contribution in [0, 0.1) is 18.3 Å². The normalized spacial score (nSPS) is 11.0. The molecule has 0 aliphatic rings. The highest BCUT2D eigenvalue weighted by molar-refractivity contribution is 7.99. The average molecular weight is 503 g/mol. The molecule has 0 unspecified atom stereocenters. The lowest BCUT2D eigenvalue weighted by Gasteiger charge is -2.12. The number of nitrogens with one attached hydrogen (secondary N) is 1. The quantitative estimate of drug-likeness (QED) is 0.263. The van der Waals surface area contributed by atoms with Crippen LogP contribution >= 0.6 is 23.1 Å². The van der Waals surface area contributed by atoms with Crippen LogP contribution in [0.4, 0.5) is 11.5 Å². The Hall–Kier alpha value is -4.32. The van der Waals surface area contributed by atoms with Gasteiger partial charge in [0.15, 0.2) is 5.82 Å². The summed E-state index contributed by atoms with van der Waals surface area (Å²) in [5.41, 5.74) is 4.50. The molecule has 2 aromatic carbocycles. The molecule has 0 saturated carbocycles. The van der Waals surface area contributed by atoms with Gasteiger partial charge in [-0.25, -0.2) is 0 Å². The largest absolute Gasteiger partial charge is 0.338 e. The second kappa shape index (κ2) is 9.38. The zero-order valence-corrected chi connectivity index (χ0v) is 20.8. The molecule has 6 nitrogen and oxygen atoms in total. The summed E-state index contributed by atoms with van der Waals surface area (Å²) in [5, 5.41) is 23.7. The highest BCUT2D eigenvalue weighted by atomic mass is 32.2. The first-order valence-corrected chi connectivity index (χ1v) is 12.8. The van der Waals surface area contributed by atoms with E-state index in [1.54, 1.807) is 18.0 Å². The van der Waals surface area contributed by atoms with Crippen molar-refractivity contribution in [1.82, 2.24) is 20.2 Å². The predicted octanol–water partition coefficient (Wildman–Crippen LogP) is 7.38. The lowest BCUT2D eigenvalue weighted by atomic mass is 10.1. The van der Waals surface area contributed by atoms with Crippen LogP contribution in [0.5, 0.6) is 0 Å². The van der Waals surface area contributed by atoms with E-state index >= 15 is 0 Å². The molecule has 36 heavy (non-hydrogen) atoms. The molecule has 4 aromatic heterocycles. The smallest absolute Gasteiger partial charge is 0.161 e. The molecule has 0 saturated heterocycles. The van der Waals surface area contributed by atoms with Gasteiger partial charge in [-0.05, 0) is 55.5 Å². The fourth-order valence-electron chi connectivity index (χ4n) is 3.94. The number of fused-ring (bicyclic) bond motifs is 2. The number of rotatable bonds is 5. The van der Waals surface area contributed by atoms with Gasteiger partial charge in [-0.15, -0.1) is 21.5 Å². The Labute approximate surface area is 215 Å². The van der Waals surface area contributed by atoms with E-state index in [9.17, 15) is 5.26 Å². The molecular formula is C28H18N6S2. The standard InChI is InChI=1S/C28H18N6S2/c1-17-6-7-18(16-31-17)26-22-4-2-3-5-23(22)28(34-33-26)32-19-8-10-20(11-9-19)35-25-12-13-30-24-14-21(15-29)36-27(24)25/h2-14,16H,1H3,(H,32,34). The van der Waals surface area contributed by atoms with Gasteiger partial charge in [0.2, 0.25) is 0 Å². The van der Waals surface area contributed by atoms with Crippen LogP contribution in [0.2, 0.25) is 0 Å². The second-order valence-corrected chi connectivity index (χ2v) is 10.3. The number of anilines is 2. The number of nitrogens with zero attached hydrogens (tertiary/aromatic N) is 5. The third-order valence-electron chi connectivity index (χ3n) is 5.70. The molecule has 0 fully saturated rings. The van der Waals surface area contributed by atoms with E-state index in [0.717, 1.165) is 53.4 Å². The molecular weight excluding hydrogens is 484 g/mol. The molecule has 6 aromatic rings. The van der Waals surface area contributed by atoms with E-state index in [2.05, 4.69) is 49.8 Å². The number of benzene rings is 2. The van der Waals surface area contributed by atoms with Gasteiger partial charge in [0.25, 0.3) is 0 Å². The molecule has 0 aliphatic heterocycles. The molecule has 1 N–H and O–H groups in total. The van der Waals surface area contributed by atoms with Crippen molar-refractivity contribution >= 4 is 55.6 Å². The Morgan fingerprint density at radius 2 is 1.75 bits per heavy atom. The molecule has 0 spiro atoms. The van der Waals surface area contributed by atoms with E-state index in [0.29, 0.717) is 10.7 Å². The number of nitriles is 1. The highest BCUT2D eigenvalue weighted by Crippen LogP contribution is 2.37. The van der Waals surface area contributed by atoms with E-state index in [-0.39, 0.29) is 0 Å². The Kier molecular flexibility index (Phi) is 5.77. The van der Waals surface area contributed by atoms with Crippen LogP contribution in [-0.4, -0.2) is 20.2 Å². The maximum atomic E-state index is 9.23. The average Bonchev–Trinajstić information content (AvgIpc) is 3.35. The van der Waals surface area contributed by atoms with Crippen LogP contribution in [0.15, 0.2) is 95.0 Å². The number of hydrogen-bond acceptors (Lipinski definition) is 8. The first-order valence-electron chi connectivity index (χ1n) is 11.2. The monoisotopic (exact) mass is 502 g/mol. The number of pyridine rings is 2. The van der Waals surface area contributed by atoms with E-state index < -0.39 is 0 Å². The Balaban J connectivity index is 1.27. The number of aromatic nitrogens is 4. The molecule has 8 heteroatoms. The summed E-state index contributed by atoms with van der Waals surface area (Å²) in [6.45, 7) is 1.97. The number of aryl methyl sites for hydroxylation is 1. The zero-order chi connectivity index (χ0) is 24.5. The first kappa shape index (κ1) is 22.2. The first-order chi connectivity index (χ1) is 17.7. The Bertz CT molecular complexity index is 1750. The molecule has 0 bridgehead atoms. The van der Waals surface area contributed by atoms with Crippen molar-refractivity contribution in [2.45, 2.75) is 16.7 Å². The van der Waals surface area contributed by atoms with Crippen molar-refractivity contribution in [2.24, 2.45) is 0 Å². The highest BCUT2D eigenvalue weighted by Gasteiger charge is 2.12. The van der Waals surface area contributed by atoms with E-state index in [4.69, 9.17) is 0 Å². The van der Waals surface area contributed by atoms with Crippen molar-refractivity contribution in [1.29, 1.82) is 5.26 Å². The summed E-state index contributed by atoms with van der Waals surface area (Å²) < 4.78 is 1.03. The summed E-state index contributed by atoms with van der Waals surface area (Å²) >= 11 is 3.13. The summed E-state index contributed by atoms with van der Waals surface area (Å²) in [7, 11) is 0. The van der Waals surface area contributed by atoms with Gasteiger partial charge < -0.3 is 5.32 Å². The van der Waals surface area contributed by atoms with Crippen molar-refractivity contribution in [3.8, 4) is 17.3 Å². The zero-order valence-electron chi connectivity index (χ0n) is 19.1. The van der Waals surface area contributed by atoms with Gasteiger partial charge in [-0.2, -0.15) is 5.26 Å². The van der Waals surface area contributed by atoms with Gasteiger partial charge in [-0.3, -0.25) is 9.97 Å². The van der Waals surface area contributed by atoms with Gasteiger partial charge in [0, 0.05) is 49.9 Å². The molecule has 4 heterocycles. The predicted molar refractivity (Wildman–Crippen MR) is 146 cm³/mol. The number of thiophene rings is 1. The van der Waals surface area contributed by atoms with Gasteiger partial charge in [-0.1, -0.05) is 36.0 Å². The van der Waals surface area contributed by atoms with Gasteiger partial charge in [0.05, 0.1) is 10.2 Å². The van der Waals surface area contributed by atoms with E-state index in [1.807, 2.05) is 67.7 Å². The molecule has 6 rings (SSSR count). The van der Waals surface area contributed by atoms with Crippen LogP contribution < -0.4 is 5.32 Å². The topological polar surface area (TPSA) is 87.4 Å². The van der Waals surface area contributed by atoms with E-state index in [1.165, 1.54) is 11.3 Å². The third-order valence-corrected chi connectivity index (χ3v) is 7.96. The molecule has 0 radical (unpaired) electrons. The minimum absolute atomic E-state index is 0.670.